The van der Waals surface area contributed by atoms with E-state index in [-0.39, 0.29) is 11.6 Å². The Hall–Kier alpha value is -2.80. The molecule has 2 N–H and O–H groups in total. The van der Waals surface area contributed by atoms with Gasteiger partial charge in [-0.15, -0.1) is 0 Å². The van der Waals surface area contributed by atoms with Gasteiger partial charge < -0.3 is 10.6 Å². The summed E-state index contributed by atoms with van der Waals surface area (Å²) >= 11 is 5.94. The summed E-state index contributed by atoms with van der Waals surface area (Å²) in [5.74, 6) is -3.57. The molecule has 0 aliphatic rings. The normalized spacial score (nSPS) is 10.6. The van der Waals surface area contributed by atoms with Gasteiger partial charge in [-0.2, -0.15) is 4.98 Å². The summed E-state index contributed by atoms with van der Waals surface area (Å²) in [4.78, 5) is 8.11. The summed E-state index contributed by atoms with van der Waals surface area (Å²) in [7, 11) is 0. The molecule has 4 nitrogen and oxygen atoms in total. The largest absolute Gasteiger partial charge is 0.370 e. The first-order valence-corrected chi connectivity index (χ1v) is 8.12. The first-order chi connectivity index (χ1) is 12.5. The Labute approximate surface area is 153 Å². The summed E-state index contributed by atoms with van der Waals surface area (Å²) in [6.07, 6.45) is 2.19. The summed E-state index contributed by atoms with van der Waals surface area (Å²) in [5.41, 5.74) is 0.821. The van der Waals surface area contributed by atoms with Crippen molar-refractivity contribution < 1.29 is 13.2 Å². The van der Waals surface area contributed by atoms with E-state index in [1.54, 1.807) is 12.1 Å². The summed E-state index contributed by atoms with van der Waals surface area (Å²) in [6, 6.07) is 11.1. The standard InChI is InChI=1S/C18H14ClF3N4/c19-12-3-1-2-11(10-12)6-8-23-15-7-9-24-18(26-15)25-14-5-4-13(20)16(21)17(14)22/h1-5,7,9-10H,6,8H2,(H2,23,24,25,26). The fourth-order valence-corrected chi connectivity index (χ4v) is 2.50. The van der Waals surface area contributed by atoms with E-state index in [1.807, 2.05) is 18.2 Å². The molecule has 0 atom stereocenters. The Morgan fingerprint density at radius 2 is 1.85 bits per heavy atom. The first-order valence-electron chi connectivity index (χ1n) is 7.75. The van der Waals surface area contributed by atoms with E-state index in [2.05, 4.69) is 20.6 Å². The molecule has 1 heterocycles. The van der Waals surface area contributed by atoms with Crippen LogP contribution < -0.4 is 10.6 Å². The topological polar surface area (TPSA) is 49.8 Å². The molecular formula is C18H14ClF3N4. The van der Waals surface area contributed by atoms with Crippen LogP contribution in [-0.2, 0) is 6.42 Å². The molecule has 3 rings (SSSR count). The molecule has 0 aliphatic heterocycles. The van der Waals surface area contributed by atoms with Crippen molar-refractivity contribution in [2.75, 3.05) is 17.2 Å². The van der Waals surface area contributed by atoms with Crippen molar-refractivity contribution in [3.05, 3.63) is 76.7 Å². The second-order valence-electron chi connectivity index (χ2n) is 5.42. The van der Waals surface area contributed by atoms with E-state index >= 15 is 0 Å². The molecule has 3 aromatic rings. The molecule has 0 unspecified atom stereocenters. The van der Waals surface area contributed by atoms with Gasteiger partial charge in [0, 0.05) is 17.8 Å². The van der Waals surface area contributed by atoms with Gasteiger partial charge >= 0.3 is 0 Å². The molecule has 0 radical (unpaired) electrons. The molecule has 134 valence electrons. The maximum absolute atomic E-state index is 13.7. The number of benzene rings is 2. The van der Waals surface area contributed by atoms with Gasteiger partial charge in [0.1, 0.15) is 5.82 Å². The zero-order chi connectivity index (χ0) is 18.5. The van der Waals surface area contributed by atoms with Crippen molar-refractivity contribution >= 4 is 29.1 Å². The Morgan fingerprint density at radius 1 is 1.00 bits per heavy atom. The van der Waals surface area contributed by atoms with Gasteiger partial charge in [0.05, 0.1) is 5.69 Å². The molecule has 0 fully saturated rings. The average molecular weight is 379 g/mol. The van der Waals surface area contributed by atoms with Crippen molar-refractivity contribution in [3.63, 3.8) is 0 Å². The van der Waals surface area contributed by atoms with Gasteiger partial charge in [-0.25, -0.2) is 18.2 Å². The predicted octanol–water partition coefficient (Wildman–Crippen LogP) is 4.95. The van der Waals surface area contributed by atoms with Crippen LogP contribution in [0.15, 0.2) is 48.7 Å². The van der Waals surface area contributed by atoms with E-state index in [1.165, 1.54) is 6.20 Å². The lowest BCUT2D eigenvalue weighted by molar-refractivity contribution is 0.449. The first kappa shape index (κ1) is 18.0. The van der Waals surface area contributed by atoms with Gasteiger partial charge in [-0.1, -0.05) is 23.7 Å². The number of hydrogen-bond acceptors (Lipinski definition) is 4. The van der Waals surface area contributed by atoms with E-state index in [9.17, 15) is 13.2 Å². The monoisotopic (exact) mass is 378 g/mol. The second-order valence-corrected chi connectivity index (χ2v) is 5.86. The zero-order valence-corrected chi connectivity index (χ0v) is 14.2. The summed E-state index contributed by atoms with van der Waals surface area (Å²) in [5, 5.41) is 6.32. The van der Waals surface area contributed by atoms with Crippen LogP contribution >= 0.6 is 11.6 Å². The molecule has 8 heteroatoms. The number of nitrogens with zero attached hydrogens (tertiary/aromatic N) is 2. The van der Waals surface area contributed by atoms with Crippen LogP contribution in [-0.4, -0.2) is 16.5 Å². The van der Waals surface area contributed by atoms with Crippen LogP contribution in [0.3, 0.4) is 0 Å². The third kappa shape index (κ3) is 4.43. The molecule has 0 spiro atoms. The molecular weight excluding hydrogens is 365 g/mol. The van der Waals surface area contributed by atoms with Crippen LogP contribution in [0.4, 0.5) is 30.6 Å². The molecule has 0 saturated carbocycles. The summed E-state index contributed by atoms with van der Waals surface area (Å²) < 4.78 is 40.0. The van der Waals surface area contributed by atoms with Crippen LogP contribution in [0.2, 0.25) is 5.02 Å². The molecule has 1 aromatic heterocycles. The molecule has 0 amide bonds. The van der Waals surface area contributed by atoms with E-state index in [4.69, 9.17) is 11.6 Å². The Kier molecular flexibility index (Phi) is 5.58. The van der Waals surface area contributed by atoms with E-state index < -0.39 is 17.5 Å². The Bertz CT molecular complexity index is 921. The highest BCUT2D eigenvalue weighted by Crippen LogP contribution is 2.22. The van der Waals surface area contributed by atoms with Crippen LogP contribution in [0.1, 0.15) is 5.56 Å². The maximum atomic E-state index is 13.7. The predicted molar refractivity (Wildman–Crippen MR) is 95.3 cm³/mol. The third-order valence-electron chi connectivity index (χ3n) is 3.55. The molecule has 0 aliphatic carbocycles. The van der Waals surface area contributed by atoms with Crippen molar-refractivity contribution in [2.45, 2.75) is 6.42 Å². The minimum absolute atomic E-state index is 0.0580. The van der Waals surface area contributed by atoms with Gasteiger partial charge in [-0.05, 0) is 42.3 Å². The van der Waals surface area contributed by atoms with Gasteiger partial charge in [-0.3, -0.25) is 0 Å². The average Bonchev–Trinajstić information content (AvgIpc) is 2.63. The number of aromatic nitrogens is 2. The number of anilines is 3. The Balaban J connectivity index is 1.64. The SMILES string of the molecule is Fc1ccc(Nc2nccc(NCCc3cccc(Cl)c3)n2)c(F)c1F. The quantitative estimate of drug-likeness (QED) is 0.596. The Morgan fingerprint density at radius 3 is 2.65 bits per heavy atom. The van der Waals surface area contributed by atoms with Crippen molar-refractivity contribution in [1.29, 1.82) is 0 Å². The van der Waals surface area contributed by atoms with Crippen molar-refractivity contribution in [2.24, 2.45) is 0 Å². The second kappa shape index (κ2) is 8.05. The number of hydrogen-bond donors (Lipinski definition) is 2. The van der Waals surface area contributed by atoms with Crippen LogP contribution in [0.5, 0.6) is 0 Å². The highest BCUT2D eigenvalue weighted by Gasteiger charge is 2.14. The lowest BCUT2D eigenvalue weighted by Crippen LogP contribution is -2.08. The lowest BCUT2D eigenvalue weighted by atomic mass is 10.1. The van der Waals surface area contributed by atoms with Crippen molar-refractivity contribution in [3.8, 4) is 0 Å². The number of halogens is 4. The van der Waals surface area contributed by atoms with Gasteiger partial charge in [0.15, 0.2) is 17.5 Å². The maximum Gasteiger partial charge on any atom is 0.229 e. The van der Waals surface area contributed by atoms with Crippen molar-refractivity contribution in [1.82, 2.24) is 9.97 Å². The zero-order valence-electron chi connectivity index (χ0n) is 13.4. The molecule has 26 heavy (non-hydrogen) atoms. The third-order valence-corrected chi connectivity index (χ3v) is 3.78. The smallest absolute Gasteiger partial charge is 0.229 e. The molecule has 2 aromatic carbocycles. The van der Waals surface area contributed by atoms with Crippen LogP contribution in [0, 0.1) is 17.5 Å². The minimum Gasteiger partial charge on any atom is -0.370 e. The van der Waals surface area contributed by atoms with Gasteiger partial charge in [0.25, 0.3) is 0 Å². The molecule has 0 bridgehead atoms. The fourth-order valence-electron chi connectivity index (χ4n) is 2.29. The fraction of sp³-hybridized carbons (Fsp3) is 0.111. The van der Waals surface area contributed by atoms with Crippen LogP contribution in [0.25, 0.3) is 0 Å². The minimum atomic E-state index is -1.55. The number of rotatable bonds is 6. The lowest BCUT2D eigenvalue weighted by Gasteiger charge is -2.09. The summed E-state index contributed by atoms with van der Waals surface area (Å²) in [6.45, 7) is 0.594. The molecule has 0 saturated heterocycles. The van der Waals surface area contributed by atoms with Gasteiger partial charge in [0.2, 0.25) is 5.95 Å². The highest BCUT2D eigenvalue weighted by atomic mass is 35.5. The number of nitrogens with one attached hydrogen (secondary N) is 2. The highest BCUT2D eigenvalue weighted by molar-refractivity contribution is 6.30. The van der Waals surface area contributed by atoms with E-state index in [0.717, 1.165) is 24.1 Å². The van der Waals surface area contributed by atoms with E-state index in [0.29, 0.717) is 17.4 Å².